The van der Waals surface area contributed by atoms with Crippen LogP contribution in [0.2, 0.25) is 0 Å². The molecule has 2 heterocycles. The van der Waals surface area contributed by atoms with Gasteiger partial charge in [0.05, 0.1) is 11.0 Å². The predicted octanol–water partition coefficient (Wildman–Crippen LogP) is 13.2. The van der Waals surface area contributed by atoms with Crippen LogP contribution in [0.15, 0.2) is 188 Å². The minimum Gasteiger partial charge on any atom is -0.311 e. The lowest BCUT2D eigenvalue weighted by Crippen LogP contribution is -2.21. The molecule has 10 rings (SSSR count). The Morgan fingerprint density at radius 2 is 1.35 bits per heavy atom. The Morgan fingerprint density at radius 3 is 2.17 bits per heavy atom. The third-order valence-electron chi connectivity index (χ3n) is 11.8. The highest BCUT2D eigenvalue weighted by molar-refractivity contribution is 6.09. The van der Waals surface area contributed by atoms with Crippen molar-refractivity contribution in [3.8, 4) is 27.9 Å². The summed E-state index contributed by atoms with van der Waals surface area (Å²) in [7, 11) is 0. The van der Waals surface area contributed by atoms with E-state index in [2.05, 4.69) is 199 Å². The van der Waals surface area contributed by atoms with Crippen molar-refractivity contribution in [3.05, 3.63) is 205 Å². The Balaban J connectivity index is 1.05. The van der Waals surface area contributed by atoms with E-state index in [1.165, 1.54) is 66.7 Å². The first-order chi connectivity index (χ1) is 26.5. The number of hydrogen-bond acceptors (Lipinski definition) is 2. The third-order valence-corrected chi connectivity index (χ3v) is 11.8. The number of para-hydroxylation sites is 2. The second-order valence-electron chi connectivity index (χ2n) is 15.3. The molecule has 0 N–H and O–H groups in total. The molecule has 0 saturated carbocycles. The molecule has 0 saturated heterocycles. The van der Waals surface area contributed by atoms with E-state index in [1.807, 2.05) is 18.5 Å². The molecule has 3 heteroatoms. The van der Waals surface area contributed by atoms with Crippen molar-refractivity contribution < 1.29 is 0 Å². The van der Waals surface area contributed by atoms with Crippen molar-refractivity contribution in [1.29, 1.82) is 0 Å². The Labute approximate surface area is 317 Å². The van der Waals surface area contributed by atoms with Crippen molar-refractivity contribution >= 4 is 33.2 Å². The topological polar surface area (TPSA) is 21.1 Å². The Morgan fingerprint density at radius 1 is 0.611 bits per heavy atom. The maximum absolute atomic E-state index is 4.36. The summed E-state index contributed by atoms with van der Waals surface area (Å²) in [4.78, 5) is 6.80. The molecule has 8 aromatic rings. The average molecular weight is 696 g/mol. The molecule has 2 unspecified atom stereocenters. The van der Waals surface area contributed by atoms with Gasteiger partial charge >= 0.3 is 0 Å². The zero-order valence-corrected chi connectivity index (χ0v) is 30.8. The fourth-order valence-corrected chi connectivity index (χ4v) is 9.04. The molecule has 0 bridgehead atoms. The molecule has 2 aliphatic rings. The van der Waals surface area contributed by atoms with Crippen LogP contribution < -0.4 is 4.90 Å². The zero-order valence-electron chi connectivity index (χ0n) is 30.8. The fraction of sp³-hybridized carbons (Fsp3) is 0.118. The largest absolute Gasteiger partial charge is 0.311 e. The molecular weight excluding hydrogens is 655 g/mol. The summed E-state index contributed by atoms with van der Waals surface area (Å²) in [6, 6.07) is 55.5. The summed E-state index contributed by atoms with van der Waals surface area (Å²) >= 11 is 0. The smallest absolute Gasteiger partial charge is 0.0541 e. The van der Waals surface area contributed by atoms with Gasteiger partial charge in [-0.25, -0.2) is 0 Å². The normalized spacial score (nSPS) is 17.0. The van der Waals surface area contributed by atoms with Gasteiger partial charge in [-0.15, -0.1) is 0 Å². The predicted molar refractivity (Wildman–Crippen MR) is 226 cm³/mol. The van der Waals surface area contributed by atoms with Gasteiger partial charge in [-0.1, -0.05) is 124 Å². The van der Waals surface area contributed by atoms with Crippen LogP contribution in [0, 0.1) is 5.92 Å². The second-order valence-corrected chi connectivity index (χ2v) is 15.3. The highest BCUT2D eigenvalue weighted by atomic mass is 15.1. The van der Waals surface area contributed by atoms with Crippen molar-refractivity contribution in [2.45, 2.75) is 32.1 Å². The number of rotatable bonds is 6. The van der Waals surface area contributed by atoms with Crippen LogP contribution in [0.1, 0.15) is 43.4 Å². The fourth-order valence-electron chi connectivity index (χ4n) is 9.04. The quantitative estimate of drug-likeness (QED) is 0.173. The molecule has 0 fully saturated rings. The minimum atomic E-state index is -0.0881. The Bertz CT molecular complexity index is 2750. The van der Waals surface area contributed by atoms with E-state index >= 15 is 0 Å². The first-order valence-corrected chi connectivity index (χ1v) is 19.0. The van der Waals surface area contributed by atoms with Crippen LogP contribution in [0.25, 0.3) is 49.7 Å². The Kier molecular flexibility index (Phi) is 7.52. The minimum absolute atomic E-state index is 0.0881. The zero-order chi connectivity index (χ0) is 36.4. The molecule has 2 aliphatic carbocycles. The van der Waals surface area contributed by atoms with Gasteiger partial charge in [0, 0.05) is 57.3 Å². The molecule has 3 nitrogen and oxygen atoms in total. The van der Waals surface area contributed by atoms with E-state index in [4.69, 9.17) is 0 Å². The number of fused-ring (bicyclic) bond motifs is 6. The van der Waals surface area contributed by atoms with E-state index < -0.39 is 0 Å². The highest BCUT2D eigenvalue weighted by Crippen LogP contribution is 2.50. The SMILES string of the molecule is CC1C=C(N(c2ccc(-c3cccnc3)cc2)c2ccc3c(c2)C(C)(C)c2ccccc2-3)C=CC1c1ccc2c(c1)c1ccccc1n2-c1ccccc1. The highest BCUT2D eigenvalue weighted by Gasteiger charge is 2.36. The number of aromatic nitrogens is 2. The van der Waals surface area contributed by atoms with E-state index in [1.54, 1.807) is 0 Å². The number of allylic oxidation sites excluding steroid dienone is 3. The van der Waals surface area contributed by atoms with Gasteiger partial charge in [-0.3, -0.25) is 4.98 Å². The Hall–Kier alpha value is -6.45. The van der Waals surface area contributed by atoms with Crippen LogP contribution >= 0.6 is 0 Å². The first kappa shape index (κ1) is 32.2. The number of anilines is 2. The number of pyridine rings is 1. The summed E-state index contributed by atoms with van der Waals surface area (Å²) in [5, 5.41) is 2.57. The molecule has 6 aromatic carbocycles. The molecule has 2 atom stereocenters. The molecule has 0 aliphatic heterocycles. The number of nitrogens with zero attached hydrogens (tertiary/aromatic N) is 3. The van der Waals surface area contributed by atoms with Gasteiger partial charge in [-0.2, -0.15) is 0 Å². The average Bonchev–Trinajstić information content (AvgIpc) is 3.67. The first-order valence-electron chi connectivity index (χ1n) is 19.0. The van der Waals surface area contributed by atoms with Crippen LogP contribution in [0.5, 0.6) is 0 Å². The molecule has 260 valence electrons. The van der Waals surface area contributed by atoms with E-state index in [0.29, 0.717) is 0 Å². The van der Waals surface area contributed by atoms with Crippen LogP contribution in [-0.2, 0) is 5.41 Å². The maximum atomic E-state index is 4.36. The van der Waals surface area contributed by atoms with E-state index in [9.17, 15) is 0 Å². The van der Waals surface area contributed by atoms with Gasteiger partial charge in [-0.05, 0) is 112 Å². The third kappa shape index (κ3) is 5.15. The molecule has 0 amide bonds. The van der Waals surface area contributed by atoms with Crippen LogP contribution in [0.3, 0.4) is 0 Å². The van der Waals surface area contributed by atoms with Crippen LogP contribution in [0.4, 0.5) is 11.4 Å². The summed E-state index contributed by atoms with van der Waals surface area (Å²) < 4.78 is 2.39. The lowest BCUT2D eigenvalue weighted by atomic mass is 9.82. The summed E-state index contributed by atoms with van der Waals surface area (Å²) in [6.07, 6.45) is 11.0. The summed E-state index contributed by atoms with van der Waals surface area (Å²) in [6.45, 7) is 7.07. The van der Waals surface area contributed by atoms with Gasteiger partial charge in [0.2, 0.25) is 0 Å². The van der Waals surface area contributed by atoms with Gasteiger partial charge < -0.3 is 9.47 Å². The van der Waals surface area contributed by atoms with Crippen molar-refractivity contribution in [1.82, 2.24) is 9.55 Å². The summed E-state index contributed by atoms with van der Waals surface area (Å²) in [5.41, 5.74) is 16.1. The lowest BCUT2D eigenvalue weighted by molar-refractivity contribution is 0.629. The van der Waals surface area contributed by atoms with Gasteiger partial charge in [0.25, 0.3) is 0 Å². The van der Waals surface area contributed by atoms with Gasteiger partial charge in [0.15, 0.2) is 0 Å². The van der Waals surface area contributed by atoms with Crippen molar-refractivity contribution in [3.63, 3.8) is 0 Å². The van der Waals surface area contributed by atoms with Crippen LogP contribution in [-0.4, -0.2) is 9.55 Å². The molecule has 0 radical (unpaired) electrons. The number of hydrogen-bond donors (Lipinski definition) is 0. The monoisotopic (exact) mass is 695 g/mol. The standard InChI is InChI=1S/C51H41N3/c1-34-30-40(24-26-42(34)36-21-28-50-46(31-36)45-16-8-10-18-49(45)54(50)38-13-5-4-6-14-38)53(39-22-19-35(20-23-39)37-12-11-29-52-33-37)41-25-27-44-43-15-7-9-17-47(43)51(2,3)48(44)32-41/h4-34,42H,1-3H3. The molecule has 54 heavy (non-hydrogen) atoms. The van der Waals surface area contributed by atoms with E-state index in [0.717, 1.165) is 16.8 Å². The molecule has 0 spiro atoms. The number of benzene rings is 6. The lowest BCUT2D eigenvalue weighted by Gasteiger charge is -2.32. The van der Waals surface area contributed by atoms with Gasteiger partial charge in [0.1, 0.15) is 0 Å². The molecular formula is C51H41N3. The van der Waals surface area contributed by atoms with E-state index in [-0.39, 0.29) is 17.3 Å². The van der Waals surface area contributed by atoms with Crippen molar-refractivity contribution in [2.24, 2.45) is 5.92 Å². The maximum Gasteiger partial charge on any atom is 0.0541 e. The summed E-state index contributed by atoms with van der Waals surface area (Å²) in [5.74, 6) is 0.525. The molecule has 2 aromatic heterocycles. The van der Waals surface area contributed by atoms with Crippen molar-refractivity contribution in [2.75, 3.05) is 4.90 Å². The second kappa shape index (κ2) is 12.6.